The van der Waals surface area contributed by atoms with Crippen LogP contribution in [0.25, 0.3) is 0 Å². The summed E-state index contributed by atoms with van der Waals surface area (Å²) >= 11 is 0. The summed E-state index contributed by atoms with van der Waals surface area (Å²) in [5.41, 5.74) is 0. The van der Waals surface area contributed by atoms with Crippen molar-refractivity contribution >= 4 is 11.9 Å². The van der Waals surface area contributed by atoms with E-state index in [1.807, 2.05) is 0 Å². The van der Waals surface area contributed by atoms with Gasteiger partial charge in [0.1, 0.15) is 0 Å². The zero-order valence-electron chi connectivity index (χ0n) is 9.84. The van der Waals surface area contributed by atoms with Crippen molar-refractivity contribution in [2.75, 3.05) is 13.2 Å². The van der Waals surface area contributed by atoms with Crippen LogP contribution < -0.4 is 5.32 Å². The van der Waals surface area contributed by atoms with Crippen LogP contribution in [-0.2, 0) is 14.3 Å². The minimum atomic E-state index is -0.790. The Bertz CT molecular complexity index is 202. The van der Waals surface area contributed by atoms with Crippen LogP contribution in [0, 0.1) is 5.92 Å². The summed E-state index contributed by atoms with van der Waals surface area (Å²) in [6.07, 6.45) is 3.12. The molecule has 15 heavy (non-hydrogen) atoms. The van der Waals surface area contributed by atoms with E-state index < -0.39 is 11.9 Å². The van der Waals surface area contributed by atoms with Crippen LogP contribution in [0.5, 0.6) is 0 Å². The van der Waals surface area contributed by atoms with Gasteiger partial charge in [0.15, 0.2) is 0 Å². The number of nitrogens with one attached hydrogen (secondary N) is 1. The van der Waals surface area contributed by atoms with Gasteiger partial charge in [-0.25, -0.2) is 4.79 Å². The Morgan fingerprint density at radius 2 is 1.93 bits per heavy atom. The number of hydrogen-bond acceptors (Lipinski definition) is 3. The molecule has 0 aliphatic heterocycles. The number of amides is 1. The molecule has 0 aromatic heterocycles. The van der Waals surface area contributed by atoms with E-state index in [0.29, 0.717) is 12.5 Å². The van der Waals surface area contributed by atoms with E-state index >= 15 is 0 Å². The Kier molecular flexibility index (Phi) is 7.68. The molecule has 88 valence electrons. The first kappa shape index (κ1) is 13.9. The molecule has 0 fully saturated rings. The summed E-state index contributed by atoms with van der Waals surface area (Å²) < 4.78 is 4.55. The van der Waals surface area contributed by atoms with Crippen molar-refractivity contribution in [3.63, 3.8) is 0 Å². The fourth-order valence-electron chi connectivity index (χ4n) is 1.15. The third-order valence-electron chi connectivity index (χ3n) is 1.95. The Morgan fingerprint density at radius 1 is 1.27 bits per heavy atom. The lowest BCUT2D eigenvalue weighted by molar-refractivity contribution is -0.154. The predicted octanol–water partition coefficient (Wildman–Crippen LogP) is 1.49. The Hall–Kier alpha value is -1.06. The van der Waals surface area contributed by atoms with Crippen LogP contribution in [0.3, 0.4) is 0 Å². The molecule has 1 amide bonds. The van der Waals surface area contributed by atoms with Crippen molar-refractivity contribution in [2.45, 2.75) is 40.0 Å². The topological polar surface area (TPSA) is 55.4 Å². The largest absolute Gasteiger partial charge is 0.459 e. The lowest BCUT2D eigenvalue weighted by atomic mass is 10.1. The van der Waals surface area contributed by atoms with Crippen LogP contribution in [0.4, 0.5) is 0 Å². The van der Waals surface area contributed by atoms with Gasteiger partial charge in [-0.2, -0.15) is 0 Å². The average Bonchev–Trinajstić information content (AvgIpc) is 2.16. The van der Waals surface area contributed by atoms with Crippen LogP contribution >= 0.6 is 0 Å². The number of unbranched alkanes of at least 4 members (excludes halogenated alkanes) is 1. The zero-order chi connectivity index (χ0) is 11.7. The molecule has 0 rings (SSSR count). The molecule has 1 N–H and O–H groups in total. The maximum atomic E-state index is 11.0. The van der Waals surface area contributed by atoms with Crippen molar-refractivity contribution in [1.29, 1.82) is 0 Å². The SMILES string of the molecule is CCOC(=O)C(=O)NCCCCC(C)C. The number of carbonyl (C=O) groups is 2. The molecule has 0 unspecified atom stereocenters. The quantitative estimate of drug-likeness (QED) is 0.415. The van der Waals surface area contributed by atoms with Gasteiger partial charge in [0.2, 0.25) is 0 Å². The summed E-state index contributed by atoms with van der Waals surface area (Å²) in [7, 11) is 0. The molecule has 0 aromatic rings. The van der Waals surface area contributed by atoms with E-state index in [1.165, 1.54) is 0 Å². The van der Waals surface area contributed by atoms with Gasteiger partial charge in [0.05, 0.1) is 6.61 Å². The maximum absolute atomic E-state index is 11.0. The van der Waals surface area contributed by atoms with Gasteiger partial charge in [0.25, 0.3) is 0 Å². The normalized spacial score (nSPS) is 10.1. The first-order valence-electron chi connectivity index (χ1n) is 5.52. The summed E-state index contributed by atoms with van der Waals surface area (Å²) in [5.74, 6) is -0.742. The van der Waals surface area contributed by atoms with Crippen LogP contribution in [-0.4, -0.2) is 25.0 Å². The fourth-order valence-corrected chi connectivity index (χ4v) is 1.15. The van der Waals surface area contributed by atoms with Crippen molar-refractivity contribution < 1.29 is 14.3 Å². The standard InChI is InChI=1S/C11H21NO3/c1-4-15-11(14)10(13)12-8-6-5-7-9(2)3/h9H,4-8H2,1-3H3,(H,12,13). The second-order valence-electron chi connectivity index (χ2n) is 3.87. The molecule has 0 saturated heterocycles. The highest BCUT2D eigenvalue weighted by Gasteiger charge is 2.12. The fraction of sp³-hybridized carbons (Fsp3) is 0.818. The third-order valence-corrected chi connectivity index (χ3v) is 1.95. The molecule has 0 radical (unpaired) electrons. The highest BCUT2D eigenvalue weighted by Crippen LogP contribution is 2.04. The van der Waals surface area contributed by atoms with Gasteiger partial charge >= 0.3 is 11.9 Å². The van der Waals surface area contributed by atoms with E-state index in [1.54, 1.807) is 6.92 Å². The monoisotopic (exact) mass is 215 g/mol. The molecule has 0 aliphatic rings. The van der Waals surface area contributed by atoms with Gasteiger partial charge in [-0.15, -0.1) is 0 Å². The predicted molar refractivity (Wildman–Crippen MR) is 58.3 cm³/mol. The molecular formula is C11H21NO3. The molecule has 0 aliphatic carbocycles. The first-order chi connectivity index (χ1) is 7.07. The summed E-state index contributed by atoms with van der Waals surface area (Å²) in [6, 6.07) is 0. The van der Waals surface area contributed by atoms with E-state index in [0.717, 1.165) is 19.3 Å². The number of esters is 1. The van der Waals surface area contributed by atoms with Crippen LogP contribution in [0.15, 0.2) is 0 Å². The van der Waals surface area contributed by atoms with Gasteiger partial charge in [-0.05, 0) is 19.3 Å². The molecule has 0 atom stereocenters. The first-order valence-corrected chi connectivity index (χ1v) is 5.52. The third kappa shape index (κ3) is 7.97. The average molecular weight is 215 g/mol. The molecule has 0 saturated carbocycles. The summed E-state index contributed by atoms with van der Waals surface area (Å²) in [5, 5.41) is 2.53. The second-order valence-corrected chi connectivity index (χ2v) is 3.87. The van der Waals surface area contributed by atoms with E-state index in [9.17, 15) is 9.59 Å². The van der Waals surface area contributed by atoms with Crippen molar-refractivity contribution in [3.8, 4) is 0 Å². The van der Waals surface area contributed by atoms with E-state index in [-0.39, 0.29) is 6.61 Å². The smallest absolute Gasteiger partial charge is 0.396 e. The molecular weight excluding hydrogens is 194 g/mol. The summed E-state index contributed by atoms with van der Waals surface area (Å²) in [6.45, 7) is 6.78. The maximum Gasteiger partial charge on any atom is 0.396 e. The molecule has 4 nitrogen and oxygen atoms in total. The Labute approximate surface area is 91.4 Å². The van der Waals surface area contributed by atoms with Crippen LogP contribution in [0.2, 0.25) is 0 Å². The van der Waals surface area contributed by atoms with E-state index in [4.69, 9.17) is 0 Å². The number of hydrogen-bond donors (Lipinski definition) is 1. The lowest BCUT2D eigenvalue weighted by Gasteiger charge is -2.05. The van der Waals surface area contributed by atoms with Gasteiger partial charge in [-0.3, -0.25) is 4.79 Å². The van der Waals surface area contributed by atoms with E-state index in [2.05, 4.69) is 23.9 Å². The number of rotatable bonds is 6. The summed E-state index contributed by atoms with van der Waals surface area (Å²) in [4.78, 5) is 21.9. The number of carbonyl (C=O) groups excluding carboxylic acids is 2. The Balaban J connectivity index is 3.43. The minimum Gasteiger partial charge on any atom is -0.459 e. The van der Waals surface area contributed by atoms with Gasteiger partial charge in [-0.1, -0.05) is 26.7 Å². The van der Waals surface area contributed by atoms with Gasteiger partial charge in [0, 0.05) is 6.54 Å². The van der Waals surface area contributed by atoms with Gasteiger partial charge < -0.3 is 10.1 Å². The van der Waals surface area contributed by atoms with Crippen molar-refractivity contribution in [2.24, 2.45) is 5.92 Å². The molecule has 0 bridgehead atoms. The molecule has 4 heteroatoms. The molecule has 0 heterocycles. The highest BCUT2D eigenvalue weighted by molar-refractivity contribution is 6.32. The highest BCUT2D eigenvalue weighted by atomic mass is 16.5. The van der Waals surface area contributed by atoms with Crippen LogP contribution in [0.1, 0.15) is 40.0 Å². The zero-order valence-corrected chi connectivity index (χ0v) is 9.84. The Morgan fingerprint density at radius 3 is 2.47 bits per heavy atom. The van der Waals surface area contributed by atoms with Crippen molar-refractivity contribution in [3.05, 3.63) is 0 Å². The minimum absolute atomic E-state index is 0.236. The number of ether oxygens (including phenoxy) is 1. The molecule has 0 aromatic carbocycles. The van der Waals surface area contributed by atoms with Crippen molar-refractivity contribution in [1.82, 2.24) is 5.32 Å². The second kappa shape index (κ2) is 8.26. The lowest BCUT2D eigenvalue weighted by Crippen LogP contribution is -2.33. The molecule has 0 spiro atoms.